The van der Waals surface area contributed by atoms with Crippen LogP contribution in [0.3, 0.4) is 0 Å². The first-order valence-electron chi connectivity index (χ1n) is 8.53. The van der Waals surface area contributed by atoms with Gasteiger partial charge in [0.2, 0.25) is 5.89 Å². The zero-order valence-electron chi connectivity index (χ0n) is 16.6. The van der Waals surface area contributed by atoms with Gasteiger partial charge in [-0.05, 0) is 33.6 Å². The molecule has 2 aromatic heterocycles. The SMILES string of the molecule is COC(=O)c1nc(-c2csc([C@@H](NC(=O)OC(C)(C)C)C(C)C)n2)oc1C. The lowest BCUT2D eigenvalue weighted by Crippen LogP contribution is -2.36. The Labute approximate surface area is 162 Å². The highest BCUT2D eigenvalue weighted by Gasteiger charge is 2.26. The highest BCUT2D eigenvalue weighted by molar-refractivity contribution is 7.10. The summed E-state index contributed by atoms with van der Waals surface area (Å²) < 4.78 is 15.6. The first-order chi connectivity index (χ1) is 12.5. The van der Waals surface area contributed by atoms with Gasteiger partial charge in [-0.3, -0.25) is 0 Å². The van der Waals surface area contributed by atoms with Gasteiger partial charge < -0.3 is 19.2 Å². The number of aryl methyl sites for hydroxylation is 1. The monoisotopic (exact) mass is 395 g/mol. The molecule has 0 spiro atoms. The number of aromatic nitrogens is 2. The molecule has 9 heteroatoms. The third-order valence-electron chi connectivity index (χ3n) is 3.52. The molecule has 1 amide bonds. The van der Waals surface area contributed by atoms with E-state index in [9.17, 15) is 9.59 Å². The van der Waals surface area contributed by atoms with E-state index in [-0.39, 0.29) is 23.5 Å². The van der Waals surface area contributed by atoms with Crippen molar-refractivity contribution in [1.29, 1.82) is 0 Å². The van der Waals surface area contributed by atoms with E-state index in [2.05, 4.69) is 20.0 Å². The summed E-state index contributed by atoms with van der Waals surface area (Å²) in [5.41, 5.74) is 0.0266. The van der Waals surface area contributed by atoms with Crippen LogP contribution in [0.5, 0.6) is 0 Å². The summed E-state index contributed by atoms with van der Waals surface area (Å²) in [6.07, 6.45) is -0.502. The third kappa shape index (κ3) is 5.29. The number of hydrogen-bond donors (Lipinski definition) is 1. The standard InChI is InChI=1S/C18H25N3O5S/c1-9(2)12(21-17(23)26-18(4,5)6)15-19-11(8-27-15)14-20-13(10(3)25-14)16(22)24-7/h8-9,12H,1-7H3,(H,21,23)/t12-/m0/s1. The molecule has 0 saturated carbocycles. The normalized spacial score (nSPS) is 12.7. The van der Waals surface area contributed by atoms with E-state index >= 15 is 0 Å². The lowest BCUT2D eigenvalue weighted by atomic mass is 10.1. The van der Waals surface area contributed by atoms with Crippen LogP contribution in [-0.4, -0.2) is 34.7 Å². The first kappa shape index (κ1) is 20.9. The van der Waals surface area contributed by atoms with E-state index in [0.29, 0.717) is 16.5 Å². The average molecular weight is 395 g/mol. The number of ether oxygens (including phenoxy) is 2. The van der Waals surface area contributed by atoms with Crippen molar-refractivity contribution in [2.75, 3.05) is 7.11 Å². The van der Waals surface area contributed by atoms with Crippen molar-refractivity contribution in [3.63, 3.8) is 0 Å². The zero-order valence-corrected chi connectivity index (χ0v) is 17.4. The molecular formula is C18H25N3O5S. The van der Waals surface area contributed by atoms with Crippen molar-refractivity contribution in [2.24, 2.45) is 5.92 Å². The fraction of sp³-hybridized carbons (Fsp3) is 0.556. The second kappa shape index (κ2) is 8.08. The number of alkyl carbamates (subject to hydrolysis) is 1. The number of nitrogens with one attached hydrogen (secondary N) is 1. The predicted octanol–water partition coefficient (Wildman–Crippen LogP) is 4.11. The number of thiazole rings is 1. The highest BCUT2D eigenvalue weighted by Crippen LogP contribution is 2.30. The van der Waals surface area contributed by atoms with E-state index in [0.717, 1.165) is 0 Å². The molecule has 0 saturated heterocycles. The molecule has 2 rings (SSSR count). The molecule has 0 bridgehead atoms. The summed E-state index contributed by atoms with van der Waals surface area (Å²) >= 11 is 1.37. The quantitative estimate of drug-likeness (QED) is 0.760. The van der Waals surface area contributed by atoms with Gasteiger partial charge in [-0.2, -0.15) is 0 Å². The number of carbonyl (C=O) groups excluding carboxylic acids is 2. The molecule has 8 nitrogen and oxygen atoms in total. The van der Waals surface area contributed by atoms with Crippen LogP contribution in [0.25, 0.3) is 11.6 Å². The number of carbonyl (C=O) groups is 2. The number of oxazole rings is 1. The number of hydrogen-bond acceptors (Lipinski definition) is 8. The smallest absolute Gasteiger partial charge is 0.408 e. The molecule has 0 fully saturated rings. The van der Waals surface area contributed by atoms with E-state index < -0.39 is 17.7 Å². The van der Waals surface area contributed by atoms with Crippen molar-refractivity contribution in [2.45, 2.75) is 53.2 Å². The van der Waals surface area contributed by atoms with Crippen molar-refractivity contribution >= 4 is 23.4 Å². The van der Waals surface area contributed by atoms with E-state index in [1.807, 2.05) is 34.6 Å². The molecule has 0 aliphatic heterocycles. The van der Waals surface area contributed by atoms with Crippen LogP contribution in [0, 0.1) is 12.8 Å². The van der Waals surface area contributed by atoms with Crippen molar-refractivity contribution in [3.05, 3.63) is 21.8 Å². The molecule has 0 aliphatic rings. The van der Waals surface area contributed by atoms with Gasteiger partial charge in [0.25, 0.3) is 0 Å². The number of methoxy groups -OCH3 is 1. The van der Waals surface area contributed by atoms with Crippen LogP contribution in [0.4, 0.5) is 4.79 Å². The van der Waals surface area contributed by atoms with Crippen LogP contribution in [0.2, 0.25) is 0 Å². The van der Waals surface area contributed by atoms with Gasteiger partial charge in [0.15, 0.2) is 5.69 Å². The topological polar surface area (TPSA) is 104 Å². The Bertz CT molecular complexity index is 819. The molecule has 2 heterocycles. The zero-order chi connectivity index (χ0) is 20.4. The summed E-state index contributed by atoms with van der Waals surface area (Å²) in [5, 5.41) is 5.33. The van der Waals surface area contributed by atoms with Crippen molar-refractivity contribution in [1.82, 2.24) is 15.3 Å². The summed E-state index contributed by atoms with van der Waals surface area (Å²) in [7, 11) is 1.28. The summed E-state index contributed by atoms with van der Waals surface area (Å²) in [4.78, 5) is 32.5. The van der Waals surface area contributed by atoms with Crippen LogP contribution in [-0.2, 0) is 9.47 Å². The molecule has 1 N–H and O–H groups in total. The van der Waals surface area contributed by atoms with Gasteiger partial charge in [0, 0.05) is 5.38 Å². The molecule has 148 valence electrons. The molecular weight excluding hydrogens is 370 g/mol. The summed E-state index contributed by atoms with van der Waals surface area (Å²) in [6, 6.07) is -0.324. The van der Waals surface area contributed by atoms with Crippen LogP contribution in [0.1, 0.15) is 61.9 Å². The molecule has 0 aromatic carbocycles. The molecule has 0 radical (unpaired) electrons. The van der Waals surface area contributed by atoms with Crippen LogP contribution >= 0.6 is 11.3 Å². The van der Waals surface area contributed by atoms with Crippen molar-refractivity contribution < 1.29 is 23.5 Å². The largest absolute Gasteiger partial charge is 0.464 e. The van der Waals surface area contributed by atoms with Gasteiger partial charge in [-0.25, -0.2) is 19.6 Å². The third-order valence-corrected chi connectivity index (χ3v) is 4.45. The minimum Gasteiger partial charge on any atom is -0.464 e. The number of rotatable bonds is 5. The summed E-state index contributed by atoms with van der Waals surface area (Å²) in [5.74, 6) is 0.118. The Kier molecular flexibility index (Phi) is 6.25. The second-order valence-electron chi connectivity index (χ2n) is 7.35. The van der Waals surface area contributed by atoms with Gasteiger partial charge in [-0.15, -0.1) is 11.3 Å². The lowest BCUT2D eigenvalue weighted by Gasteiger charge is -2.24. The highest BCUT2D eigenvalue weighted by atomic mass is 32.1. The van der Waals surface area contributed by atoms with E-state index in [4.69, 9.17) is 9.15 Å². The number of amides is 1. The van der Waals surface area contributed by atoms with E-state index in [1.54, 1.807) is 12.3 Å². The number of esters is 1. The van der Waals surface area contributed by atoms with Crippen molar-refractivity contribution in [3.8, 4) is 11.6 Å². The molecule has 2 aromatic rings. The minimum atomic E-state index is -0.584. The Hall–Kier alpha value is -2.42. The lowest BCUT2D eigenvalue weighted by molar-refractivity contribution is 0.0488. The predicted molar refractivity (Wildman–Crippen MR) is 101 cm³/mol. The maximum atomic E-state index is 12.1. The number of nitrogens with zero attached hydrogens (tertiary/aromatic N) is 2. The second-order valence-corrected chi connectivity index (χ2v) is 8.24. The maximum absolute atomic E-state index is 12.1. The fourth-order valence-electron chi connectivity index (χ4n) is 2.27. The molecule has 0 unspecified atom stereocenters. The summed E-state index contributed by atoms with van der Waals surface area (Å²) in [6.45, 7) is 11.0. The Balaban J connectivity index is 2.23. The van der Waals surface area contributed by atoms with Gasteiger partial charge >= 0.3 is 12.1 Å². The maximum Gasteiger partial charge on any atom is 0.408 e. The molecule has 1 atom stereocenters. The van der Waals surface area contributed by atoms with Gasteiger partial charge in [-0.1, -0.05) is 13.8 Å². The Morgan fingerprint density at radius 2 is 1.93 bits per heavy atom. The van der Waals surface area contributed by atoms with Gasteiger partial charge in [0.05, 0.1) is 13.2 Å². The van der Waals surface area contributed by atoms with Crippen LogP contribution < -0.4 is 5.32 Å². The fourth-order valence-corrected chi connectivity index (χ4v) is 3.28. The van der Waals surface area contributed by atoms with Crippen LogP contribution in [0.15, 0.2) is 9.80 Å². The first-order valence-corrected chi connectivity index (χ1v) is 9.41. The Morgan fingerprint density at radius 3 is 2.48 bits per heavy atom. The Morgan fingerprint density at radius 1 is 1.26 bits per heavy atom. The van der Waals surface area contributed by atoms with E-state index in [1.165, 1.54) is 18.4 Å². The molecule has 27 heavy (non-hydrogen) atoms. The van der Waals surface area contributed by atoms with Gasteiger partial charge in [0.1, 0.15) is 22.1 Å². The molecule has 0 aliphatic carbocycles. The average Bonchev–Trinajstić information content (AvgIpc) is 3.16. The minimum absolute atomic E-state index is 0.0912.